The first kappa shape index (κ1) is 34.5. The number of benzene rings is 8. The average molecular weight is 968 g/mol. The molecular formula is C55H37N4OPt-. The van der Waals surface area contributed by atoms with Gasteiger partial charge in [-0.25, -0.2) is 4.98 Å². The molecule has 8 aromatic carbocycles. The molecule has 0 aliphatic heterocycles. The maximum absolute atomic E-state index is 11.4. The van der Waals surface area contributed by atoms with E-state index < -0.39 is 6.85 Å². The summed E-state index contributed by atoms with van der Waals surface area (Å²) < 4.78 is 29.2. The van der Waals surface area contributed by atoms with Gasteiger partial charge in [-0.1, -0.05) is 156 Å². The first-order valence-corrected chi connectivity index (χ1v) is 19.9. The van der Waals surface area contributed by atoms with E-state index in [1.54, 1.807) is 24.3 Å². The molecule has 0 saturated carbocycles. The van der Waals surface area contributed by atoms with Gasteiger partial charge in [0.25, 0.3) is 0 Å². The van der Waals surface area contributed by atoms with Gasteiger partial charge in [-0.3, -0.25) is 9.55 Å². The summed E-state index contributed by atoms with van der Waals surface area (Å²) >= 11 is 0. The molecule has 5 nitrogen and oxygen atoms in total. The van der Waals surface area contributed by atoms with Crippen molar-refractivity contribution in [2.45, 2.75) is 6.85 Å². The summed E-state index contributed by atoms with van der Waals surface area (Å²) in [7, 11) is 0. The van der Waals surface area contributed by atoms with Crippen molar-refractivity contribution in [3.8, 4) is 73.2 Å². The number of aromatic nitrogens is 4. The third kappa shape index (κ3) is 6.55. The van der Waals surface area contributed by atoms with Crippen LogP contribution in [0, 0.1) is 12.9 Å². The Hall–Kier alpha value is -7.33. The number of para-hydroxylation sites is 4. The second-order valence-electron chi connectivity index (χ2n) is 14.9. The molecule has 0 atom stereocenters. The van der Waals surface area contributed by atoms with E-state index in [-0.39, 0.29) is 32.4 Å². The predicted octanol–water partition coefficient (Wildman–Crippen LogP) is 13.7. The number of fused-ring (bicyclic) bond motifs is 4. The summed E-state index contributed by atoms with van der Waals surface area (Å²) in [6.45, 7) is -2.32. The number of hydrogen-bond acceptors (Lipinski definition) is 3. The van der Waals surface area contributed by atoms with Crippen LogP contribution in [0.3, 0.4) is 0 Å². The van der Waals surface area contributed by atoms with Crippen LogP contribution >= 0.6 is 0 Å². The van der Waals surface area contributed by atoms with E-state index in [9.17, 15) is 5.11 Å². The number of imidazole rings is 1. The van der Waals surface area contributed by atoms with Gasteiger partial charge in [0.05, 0.1) is 22.3 Å². The van der Waals surface area contributed by atoms with Crippen molar-refractivity contribution < 1.29 is 30.3 Å². The fourth-order valence-electron chi connectivity index (χ4n) is 8.57. The molecule has 3 heterocycles. The van der Waals surface area contributed by atoms with Crippen LogP contribution in [-0.2, 0) is 21.1 Å². The van der Waals surface area contributed by atoms with Crippen molar-refractivity contribution in [3.05, 3.63) is 212 Å². The molecule has 0 radical (unpaired) electrons. The summed E-state index contributed by atoms with van der Waals surface area (Å²) in [5.74, 6) is 0.581. The number of pyridine rings is 1. The third-order valence-corrected chi connectivity index (χ3v) is 11.3. The average Bonchev–Trinajstić information content (AvgIpc) is 3.88. The molecule has 0 unspecified atom stereocenters. The van der Waals surface area contributed by atoms with Gasteiger partial charge in [-0.05, 0) is 89.0 Å². The van der Waals surface area contributed by atoms with Crippen molar-refractivity contribution in [3.63, 3.8) is 0 Å². The Bertz CT molecular complexity index is 3510. The minimum absolute atomic E-state index is 0. The fraction of sp³-hybridized carbons (Fsp3) is 0.0182. The molecule has 61 heavy (non-hydrogen) atoms. The zero-order valence-electron chi connectivity index (χ0n) is 35.6. The molecule has 11 aromatic rings. The van der Waals surface area contributed by atoms with Gasteiger partial charge in [-0.2, -0.15) is 0 Å². The van der Waals surface area contributed by atoms with Crippen LogP contribution in [0.15, 0.2) is 200 Å². The molecule has 11 rings (SSSR count). The van der Waals surface area contributed by atoms with Gasteiger partial charge in [0, 0.05) is 53.8 Å². The molecule has 0 aliphatic carbocycles. The second kappa shape index (κ2) is 15.7. The van der Waals surface area contributed by atoms with Crippen LogP contribution in [-0.4, -0.2) is 24.2 Å². The Kier molecular flexibility index (Phi) is 8.88. The fourth-order valence-corrected chi connectivity index (χ4v) is 8.57. The first-order valence-electron chi connectivity index (χ1n) is 21.4. The van der Waals surface area contributed by atoms with Crippen LogP contribution in [0.2, 0.25) is 0 Å². The molecule has 0 spiro atoms. The molecular weight excluding hydrogens is 928 g/mol. The molecule has 6 heteroatoms. The zero-order valence-corrected chi connectivity index (χ0v) is 34.9. The van der Waals surface area contributed by atoms with Crippen LogP contribution in [0.4, 0.5) is 0 Å². The van der Waals surface area contributed by atoms with Gasteiger partial charge < -0.3 is 9.67 Å². The first-order chi connectivity index (χ1) is 30.8. The SMILES string of the molecule is [2H]C([2H])([2H])c1ccc(-n2c(-c3ccccc3O)nc3c(-c4[c-]c(-c5cc(-c6ccccc6)ccn5)c5c(c4)c4ccccc4n5-c4ccccc4)cccc32)c(-c2ccccc2)c1.[Pt]. The monoisotopic (exact) mass is 967 g/mol. The van der Waals surface area contributed by atoms with Crippen molar-refractivity contribution >= 4 is 32.8 Å². The van der Waals surface area contributed by atoms with E-state index >= 15 is 0 Å². The van der Waals surface area contributed by atoms with E-state index in [1.807, 2.05) is 102 Å². The molecule has 0 fully saturated rings. The standard InChI is InChI=1S/C55H37N4O.Pt/c1-36-28-29-50(45(32-36)38-18-7-3-8-19-38)59-51-26-15-24-42(53(51)57-55(59)44-23-12-14-27-52(44)60)40-33-46-43-22-11-13-25-49(43)58(41-20-9-4-10-21-41)54(46)47(34-40)48-35-39(30-31-56-48)37-16-5-2-6-17-37;/h2-33,35,60H,1H3;/q-1;/i1D3;. The Morgan fingerprint density at radius 3 is 2.03 bits per heavy atom. The van der Waals surface area contributed by atoms with Crippen molar-refractivity contribution in [2.24, 2.45) is 0 Å². The van der Waals surface area contributed by atoms with Gasteiger partial charge in [0.1, 0.15) is 11.6 Å². The molecule has 3 aromatic heterocycles. The third-order valence-electron chi connectivity index (χ3n) is 11.3. The Balaban J connectivity index is 0.00000484. The molecule has 1 N–H and O–H groups in total. The molecule has 0 aliphatic rings. The smallest absolute Gasteiger partial charge is 0.148 e. The Morgan fingerprint density at radius 1 is 0.557 bits per heavy atom. The van der Waals surface area contributed by atoms with Crippen molar-refractivity contribution in [1.29, 1.82) is 0 Å². The summed E-state index contributed by atoms with van der Waals surface area (Å²) in [5, 5.41) is 13.5. The summed E-state index contributed by atoms with van der Waals surface area (Å²) in [6.07, 6.45) is 1.86. The molecule has 0 bridgehead atoms. The van der Waals surface area contributed by atoms with Crippen molar-refractivity contribution in [1.82, 2.24) is 19.1 Å². The minimum Gasteiger partial charge on any atom is -0.507 e. The number of phenolic OH excluding ortho intramolecular Hbond substituents is 1. The van der Waals surface area contributed by atoms with E-state index in [2.05, 4.69) is 89.5 Å². The van der Waals surface area contributed by atoms with Crippen LogP contribution in [0.25, 0.3) is 100 Å². The van der Waals surface area contributed by atoms with E-state index in [1.165, 1.54) is 0 Å². The number of hydrogen-bond donors (Lipinski definition) is 1. The number of nitrogens with zero attached hydrogens (tertiary/aromatic N) is 4. The van der Waals surface area contributed by atoms with Gasteiger partial charge in [0.2, 0.25) is 0 Å². The van der Waals surface area contributed by atoms with Gasteiger partial charge >= 0.3 is 0 Å². The number of rotatable bonds is 7. The minimum atomic E-state index is -2.32. The largest absolute Gasteiger partial charge is 0.507 e. The molecule has 0 amide bonds. The summed E-state index contributed by atoms with van der Waals surface area (Å²) in [6, 6.07) is 67.8. The number of aromatic hydroxyl groups is 1. The van der Waals surface area contributed by atoms with Crippen LogP contribution < -0.4 is 0 Å². The maximum atomic E-state index is 11.4. The van der Waals surface area contributed by atoms with Crippen LogP contribution in [0.1, 0.15) is 9.68 Å². The molecule has 294 valence electrons. The molecule has 0 saturated heterocycles. The van der Waals surface area contributed by atoms with E-state index in [0.29, 0.717) is 16.9 Å². The number of phenols is 1. The van der Waals surface area contributed by atoms with Gasteiger partial charge in [-0.15, -0.1) is 17.7 Å². The second-order valence-corrected chi connectivity index (χ2v) is 14.9. The normalized spacial score (nSPS) is 12.2. The zero-order chi connectivity index (χ0) is 42.7. The Morgan fingerprint density at radius 2 is 1.25 bits per heavy atom. The quantitative estimate of drug-likeness (QED) is 0.162. The maximum Gasteiger partial charge on any atom is 0.148 e. The topological polar surface area (TPSA) is 55.9 Å². The summed E-state index contributed by atoms with van der Waals surface area (Å²) in [5.41, 5.74) is 13.0. The van der Waals surface area contributed by atoms with Crippen molar-refractivity contribution in [2.75, 3.05) is 0 Å². The Labute approximate surface area is 372 Å². The van der Waals surface area contributed by atoms with E-state index in [0.717, 1.165) is 83.3 Å². The predicted molar refractivity (Wildman–Crippen MR) is 246 cm³/mol. The van der Waals surface area contributed by atoms with E-state index in [4.69, 9.17) is 14.1 Å². The van der Waals surface area contributed by atoms with Crippen LogP contribution in [0.5, 0.6) is 5.75 Å². The van der Waals surface area contributed by atoms with Gasteiger partial charge in [0.15, 0.2) is 0 Å². The number of aryl methyl sites for hydroxylation is 1. The summed E-state index contributed by atoms with van der Waals surface area (Å²) in [4.78, 5) is 10.4.